The van der Waals surface area contributed by atoms with Crippen LogP contribution in [0.5, 0.6) is 0 Å². The molecule has 0 spiro atoms. The average molecular weight is 273 g/mol. The van der Waals surface area contributed by atoms with Gasteiger partial charge in [-0.05, 0) is 49.6 Å². The standard InChI is InChI=1S/C16H16FNO2/c17-14-10-12(16-7-5-13(11-19)20-16)4-6-15(14)18-8-2-1-3-9-18/h4-7,10-11H,1-3,8-9H2. The molecule has 0 atom stereocenters. The zero-order valence-electron chi connectivity index (χ0n) is 11.1. The van der Waals surface area contributed by atoms with Crippen molar-refractivity contribution in [2.45, 2.75) is 19.3 Å². The van der Waals surface area contributed by atoms with Crippen molar-refractivity contribution in [3.8, 4) is 11.3 Å². The van der Waals surface area contributed by atoms with Gasteiger partial charge in [-0.3, -0.25) is 4.79 Å². The van der Waals surface area contributed by atoms with Crippen molar-refractivity contribution in [1.29, 1.82) is 0 Å². The maximum absolute atomic E-state index is 14.3. The first-order valence-electron chi connectivity index (χ1n) is 6.88. The minimum Gasteiger partial charge on any atom is -0.453 e. The molecule has 0 amide bonds. The number of piperidine rings is 1. The van der Waals surface area contributed by atoms with E-state index >= 15 is 0 Å². The molecule has 104 valence electrons. The Morgan fingerprint density at radius 1 is 1.10 bits per heavy atom. The largest absolute Gasteiger partial charge is 0.453 e. The lowest BCUT2D eigenvalue weighted by Gasteiger charge is -2.29. The smallest absolute Gasteiger partial charge is 0.185 e. The second kappa shape index (κ2) is 5.49. The van der Waals surface area contributed by atoms with Crippen molar-refractivity contribution in [2.75, 3.05) is 18.0 Å². The molecule has 0 N–H and O–H groups in total. The lowest BCUT2D eigenvalue weighted by molar-refractivity contribution is 0.110. The molecule has 1 aliphatic heterocycles. The number of carbonyl (C=O) groups excluding carboxylic acids is 1. The summed E-state index contributed by atoms with van der Waals surface area (Å²) in [6.45, 7) is 1.82. The summed E-state index contributed by atoms with van der Waals surface area (Å²) in [5, 5.41) is 0. The fraction of sp³-hybridized carbons (Fsp3) is 0.312. The van der Waals surface area contributed by atoms with Crippen molar-refractivity contribution in [1.82, 2.24) is 0 Å². The minimum atomic E-state index is -0.242. The Balaban J connectivity index is 1.88. The van der Waals surface area contributed by atoms with Crippen LogP contribution in [0.3, 0.4) is 0 Å². The van der Waals surface area contributed by atoms with E-state index in [1.807, 2.05) is 6.07 Å². The Bertz CT molecular complexity index is 615. The quantitative estimate of drug-likeness (QED) is 0.795. The summed E-state index contributed by atoms with van der Waals surface area (Å²) >= 11 is 0. The zero-order valence-corrected chi connectivity index (χ0v) is 11.1. The zero-order chi connectivity index (χ0) is 13.9. The third-order valence-corrected chi connectivity index (χ3v) is 3.67. The normalized spacial score (nSPS) is 15.3. The Hall–Kier alpha value is -2.10. The van der Waals surface area contributed by atoms with Gasteiger partial charge in [-0.25, -0.2) is 4.39 Å². The summed E-state index contributed by atoms with van der Waals surface area (Å²) in [7, 11) is 0. The van der Waals surface area contributed by atoms with E-state index in [0.717, 1.165) is 25.9 Å². The molecule has 1 aromatic carbocycles. The van der Waals surface area contributed by atoms with Crippen LogP contribution in [0.2, 0.25) is 0 Å². The highest BCUT2D eigenvalue weighted by molar-refractivity contribution is 5.73. The first-order chi connectivity index (χ1) is 9.78. The number of rotatable bonds is 3. The van der Waals surface area contributed by atoms with Crippen molar-refractivity contribution < 1.29 is 13.6 Å². The van der Waals surface area contributed by atoms with Gasteiger partial charge in [-0.2, -0.15) is 0 Å². The van der Waals surface area contributed by atoms with Crippen molar-refractivity contribution >= 4 is 12.0 Å². The molecule has 2 aromatic rings. The Morgan fingerprint density at radius 3 is 2.55 bits per heavy atom. The summed E-state index contributed by atoms with van der Waals surface area (Å²) in [5.74, 6) is 0.519. The molecule has 1 aliphatic rings. The van der Waals surface area contributed by atoms with Gasteiger partial charge in [0.25, 0.3) is 0 Å². The van der Waals surface area contributed by atoms with E-state index < -0.39 is 0 Å². The van der Waals surface area contributed by atoms with Gasteiger partial charge in [0.15, 0.2) is 12.0 Å². The maximum atomic E-state index is 14.3. The molecule has 4 heteroatoms. The van der Waals surface area contributed by atoms with E-state index in [9.17, 15) is 9.18 Å². The molecule has 1 fully saturated rings. The van der Waals surface area contributed by atoms with Gasteiger partial charge in [-0.15, -0.1) is 0 Å². The summed E-state index contributed by atoms with van der Waals surface area (Å²) in [5.41, 5.74) is 1.30. The monoisotopic (exact) mass is 273 g/mol. The molecule has 0 unspecified atom stereocenters. The van der Waals surface area contributed by atoms with E-state index in [1.54, 1.807) is 18.2 Å². The Morgan fingerprint density at radius 2 is 1.90 bits per heavy atom. The predicted molar refractivity (Wildman–Crippen MR) is 75.6 cm³/mol. The highest BCUT2D eigenvalue weighted by Crippen LogP contribution is 2.29. The third-order valence-electron chi connectivity index (χ3n) is 3.67. The Labute approximate surface area is 117 Å². The van der Waals surface area contributed by atoms with Gasteiger partial charge in [0, 0.05) is 18.7 Å². The molecule has 1 aromatic heterocycles. The van der Waals surface area contributed by atoms with E-state index in [0.29, 0.717) is 23.3 Å². The number of anilines is 1. The van der Waals surface area contributed by atoms with Gasteiger partial charge in [0.1, 0.15) is 11.6 Å². The second-order valence-electron chi connectivity index (χ2n) is 5.03. The fourth-order valence-corrected chi connectivity index (χ4v) is 2.62. The molecule has 2 heterocycles. The summed E-state index contributed by atoms with van der Waals surface area (Å²) in [4.78, 5) is 12.7. The lowest BCUT2D eigenvalue weighted by Crippen LogP contribution is -2.30. The van der Waals surface area contributed by atoms with Gasteiger partial charge in [0.2, 0.25) is 0 Å². The van der Waals surface area contributed by atoms with Gasteiger partial charge < -0.3 is 9.32 Å². The molecular weight excluding hydrogens is 257 g/mol. The molecule has 0 saturated carbocycles. The molecule has 3 nitrogen and oxygen atoms in total. The molecule has 3 rings (SSSR count). The van der Waals surface area contributed by atoms with Crippen LogP contribution >= 0.6 is 0 Å². The van der Waals surface area contributed by atoms with Crippen LogP contribution in [-0.2, 0) is 0 Å². The van der Waals surface area contributed by atoms with Crippen LogP contribution in [0.4, 0.5) is 10.1 Å². The predicted octanol–water partition coefficient (Wildman–Crippen LogP) is 3.89. The van der Waals surface area contributed by atoms with Crippen LogP contribution in [-0.4, -0.2) is 19.4 Å². The maximum Gasteiger partial charge on any atom is 0.185 e. The topological polar surface area (TPSA) is 33.5 Å². The number of hydrogen-bond acceptors (Lipinski definition) is 3. The number of hydrogen-bond donors (Lipinski definition) is 0. The number of benzene rings is 1. The van der Waals surface area contributed by atoms with E-state index in [1.165, 1.54) is 12.5 Å². The summed E-state index contributed by atoms with van der Waals surface area (Å²) in [6.07, 6.45) is 4.09. The molecular formula is C16H16FNO2. The van der Waals surface area contributed by atoms with Gasteiger partial charge in [-0.1, -0.05) is 0 Å². The number of carbonyl (C=O) groups is 1. The number of aldehydes is 1. The van der Waals surface area contributed by atoms with Crippen molar-refractivity contribution in [2.24, 2.45) is 0 Å². The molecule has 0 aliphatic carbocycles. The molecule has 1 saturated heterocycles. The van der Waals surface area contributed by atoms with Crippen LogP contribution in [0.15, 0.2) is 34.7 Å². The second-order valence-corrected chi connectivity index (χ2v) is 5.03. The SMILES string of the molecule is O=Cc1ccc(-c2ccc(N3CCCCC3)c(F)c2)o1. The summed E-state index contributed by atoms with van der Waals surface area (Å²) in [6, 6.07) is 8.36. The molecule has 0 radical (unpaired) electrons. The Kier molecular flexibility index (Phi) is 3.54. The van der Waals surface area contributed by atoms with Crippen molar-refractivity contribution in [3.05, 3.63) is 41.9 Å². The van der Waals surface area contributed by atoms with Crippen LogP contribution in [0.1, 0.15) is 29.8 Å². The number of nitrogens with zero attached hydrogens (tertiary/aromatic N) is 1. The molecule has 0 bridgehead atoms. The van der Waals surface area contributed by atoms with Crippen molar-refractivity contribution in [3.63, 3.8) is 0 Å². The average Bonchev–Trinajstić information content (AvgIpc) is 2.97. The third kappa shape index (κ3) is 2.46. The van der Waals surface area contributed by atoms with Gasteiger partial charge in [0.05, 0.1) is 5.69 Å². The first kappa shape index (κ1) is 12.9. The highest BCUT2D eigenvalue weighted by Gasteiger charge is 2.16. The van der Waals surface area contributed by atoms with Crippen LogP contribution in [0, 0.1) is 5.82 Å². The van der Waals surface area contributed by atoms with Crippen LogP contribution in [0.25, 0.3) is 11.3 Å². The first-order valence-corrected chi connectivity index (χ1v) is 6.88. The van der Waals surface area contributed by atoms with E-state index in [2.05, 4.69) is 4.90 Å². The molecule has 20 heavy (non-hydrogen) atoms. The van der Waals surface area contributed by atoms with Gasteiger partial charge >= 0.3 is 0 Å². The summed E-state index contributed by atoms with van der Waals surface area (Å²) < 4.78 is 19.6. The van der Waals surface area contributed by atoms with E-state index in [4.69, 9.17) is 4.42 Å². The fourth-order valence-electron chi connectivity index (χ4n) is 2.62. The van der Waals surface area contributed by atoms with E-state index in [-0.39, 0.29) is 11.6 Å². The minimum absolute atomic E-state index is 0.242. The lowest BCUT2D eigenvalue weighted by atomic mass is 10.1. The number of furan rings is 1. The van der Waals surface area contributed by atoms with Crippen LogP contribution < -0.4 is 4.90 Å². The number of halogens is 1. The highest BCUT2D eigenvalue weighted by atomic mass is 19.1.